The molecular weight excluding hydrogens is 380 g/mol. The van der Waals surface area contributed by atoms with Gasteiger partial charge in [0.15, 0.2) is 0 Å². The quantitative estimate of drug-likeness (QED) is 0.795. The molecule has 0 unspecified atom stereocenters. The van der Waals surface area contributed by atoms with Crippen molar-refractivity contribution in [3.05, 3.63) is 42.1 Å². The molecule has 30 heavy (non-hydrogen) atoms. The zero-order valence-electron chi connectivity index (χ0n) is 17.5. The molecule has 0 aliphatic carbocycles. The van der Waals surface area contributed by atoms with E-state index in [4.69, 9.17) is 0 Å². The minimum Gasteiger partial charge on any atom is -0.465 e. The summed E-state index contributed by atoms with van der Waals surface area (Å²) in [6.07, 6.45) is 5.04. The van der Waals surface area contributed by atoms with Crippen LogP contribution in [0.5, 0.6) is 0 Å². The molecular formula is C23H28N4O3. The van der Waals surface area contributed by atoms with Gasteiger partial charge in [0.05, 0.1) is 6.04 Å². The molecule has 2 aliphatic rings. The molecule has 0 saturated carbocycles. The van der Waals surface area contributed by atoms with Gasteiger partial charge in [-0.3, -0.25) is 4.79 Å². The Morgan fingerprint density at radius 3 is 2.47 bits per heavy atom. The minimum absolute atomic E-state index is 0.0437. The number of hydrogen-bond donors (Lipinski definition) is 2. The highest BCUT2D eigenvalue weighted by atomic mass is 16.4. The van der Waals surface area contributed by atoms with Crippen molar-refractivity contribution in [3.63, 3.8) is 0 Å². The summed E-state index contributed by atoms with van der Waals surface area (Å²) in [6.45, 7) is 5.58. The van der Waals surface area contributed by atoms with Gasteiger partial charge < -0.3 is 20.2 Å². The van der Waals surface area contributed by atoms with E-state index in [0.29, 0.717) is 6.42 Å². The maximum atomic E-state index is 12.2. The Bertz CT molecular complexity index is 938. The Balaban J connectivity index is 1.67. The van der Waals surface area contributed by atoms with Crippen molar-refractivity contribution in [2.45, 2.75) is 51.6 Å². The molecule has 1 aromatic carbocycles. The van der Waals surface area contributed by atoms with Crippen LogP contribution in [-0.2, 0) is 4.79 Å². The second-order valence-corrected chi connectivity index (χ2v) is 8.20. The van der Waals surface area contributed by atoms with Crippen LogP contribution in [0.15, 0.2) is 36.5 Å². The number of hydrogen-bond acceptors (Lipinski definition) is 4. The summed E-state index contributed by atoms with van der Waals surface area (Å²) >= 11 is 0. The van der Waals surface area contributed by atoms with Crippen LogP contribution in [0.2, 0.25) is 0 Å². The smallest absolute Gasteiger partial charge is 0.405 e. The van der Waals surface area contributed by atoms with Gasteiger partial charge in [0.25, 0.3) is 0 Å². The van der Waals surface area contributed by atoms with Gasteiger partial charge in [-0.15, -0.1) is 0 Å². The lowest BCUT2D eigenvalue weighted by atomic mass is 9.89. The number of anilines is 2. The molecule has 1 aromatic heterocycles. The van der Waals surface area contributed by atoms with Crippen molar-refractivity contribution in [2.75, 3.05) is 22.9 Å². The Kier molecular flexibility index (Phi) is 5.61. The van der Waals surface area contributed by atoms with Crippen LogP contribution >= 0.6 is 0 Å². The third-order valence-corrected chi connectivity index (χ3v) is 6.08. The zero-order chi connectivity index (χ0) is 21.3. The van der Waals surface area contributed by atoms with Gasteiger partial charge in [-0.25, -0.2) is 9.78 Å². The lowest BCUT2D eigenvalue weighted by molar-refractivity contribution is -0.117. The van der Waals surface area contributed by atoms with Crippen molar-refractivity contribution < 1.29 is 14.7 Å². The Hall–Kier alpha value is -3.09. The van der Waals surface area contributed by atoms with E-state index in [1.165, 1.54) is 19.3 Å². The third-order valence-electron chi connectivity index (χ3n) is 6.08. The number of nitrogens with zero attached hydrogens (tertiary/aromatic N) is 3. The monoisotopic (exact) mass is 408 g/mol. The molecule has 1 saturated heterocycles. The summed E-state index contributed by atoms with van der Waals surface area (Å²) in [4.78, 5) is 32.3. The number of benzene rings is 1. The first-order chi connectivity index (χ1) is 14.4. The number of piperidine rings is 1. The molecule has 1 fully saturated rings. The fourth-order valence-electron chi connectivity index (χ4n) is 4.68. The summed E-state index contributed by atoms with van der Waals surface area (Å²) in [5.41, 5.74) is 3.52. The average Bonchev–Trinajstić information content (AvgIpc) is 2.73. The molecule has 2 aliphatic heterocycles. The third kappa shape index (κ3) is 3.97. The van der Waals surface area contributed by atoms with Gasteiger partial charge in [0.1, 0.15) is 5.82 Å². The molecule has 7 nitrogen and oxygen atoms in total. The van der Waals surface area contributed by atoms with Crippen LogP contribution in [0.25, 0.3) is 11.1 Å². The topological polar surface area (TPSA) is 85.8 Å². The van der Waals surface area contributed by atoms with Gasteiger partial charge >= 0.3 is 6.09 Å². The highest BCUT2D eigenvalue weighted by molar-refractivity contribution is 5.94. The fourth-order valence-corrected chi connectivity index (χ4v) is 4.68. The first-order valence-electron chi connectivity index (χ1n) is 10.6. The molecule has 2 aromatic rings. The van der Waals surface area contributed by atoms with Gasteiger partial charge in [0, 0.05) is 43.5 Å². The van der Waals surface area contributed by atoms with Gasteiger partial charge in [0.2, 0.25) is 5.91 Å². The predicted octanol–water partition coefficient (Wildman–Crippen LogP) is 4.19. The number of rotatable bonds is 3. The normalized spacial score (nSPS) is 21.1. The zero-order valence-corrected chi connectivity index (χ0v) is 17.5. The van der Waals surface area contributed by atoms with E-state index in [2.05, 4.69) is 27.3 Å². The minimum atomic E-state index is -1.06. The van der Waals surface area contributed by atoms with Crippen molar-refractivity contribution in [1.82, 2.24) is 10.3 Å². The lowest BCUT2D eigenvalue weighted by Gasteiger charge is -2.39. The largest absolute Gasteiger partial charge is 0.465 e. The van der Waals surface area contributed by atoms with E-state index in [0.717, 1.165) is 41.3 Å². The van der Waals surface area contributed by atoms with E-state index < -0.39 is 6.09 Å². The van der Waals surface area contributed by atoms with Gasteiger partial charge in [-0.1, -0.05) is 6.07 Å². The van der Waals surface area contributed by atoms with Crippen molar-refractivity contribution >= 4 is 23.5 Å². The van der Waals surface area contributed by atoms with Crippen molar-refractivity contribution in [1.29, 1.82) is 0 Å². The summed E-state index contributed by atoms with van der Waals surface area (Å²) in [6, 6.07) is 9.55. The molecule has 3 heterocycles. The van der Waals surface area contributed by atoms with Crippen LogP contribution < -0.4 is 15.1 Å². The molecule has 2 amide bonds. The van der Waals surface area contributed by atoms with E-state index >= 15 is 0 Å². The standard InChI is InChI=1S/C23H28N4O3/c1-15-12-20(25-23(29)30)19-13-17(6-8-21(19)27(15)16(2)28)18-7-9-22(24-14-18)26-10-4-3-5-11-26/h6-9,13-15,20,25H,3-5,10-12H2,1-2H3,(H,29,30)/t15-,20+/m0/s1. The predicted molar refractivity (Wildman–Crippen MR) is 117 cm³/mol. The highest BCUT2D eigenvalue weighted by Crippen LogP contribution is 2.39. The molecule has 4 rings (SSSR count). The van der Waals surface area contributed by atoms with Gasteiger partial charge in [-0.2, -0.15) is 0 Å². The van der Waals surface area contributed by atoms with Crippen molar-refractivity contribution in [2.24, 2.45) is 0 Å². The Morgan fingerprint density at radius 1 is 1.10 bits per heavy atom. The number of fused-ring (bicyclic) bond motifs is 1. The highest BCUT2D eigenvalue weighted by Gasteiger charge is 2.33. The average molecular weight is 409 g/mol. The molecule has 158 valence electrons. The number of carbonyl (C=O) groups excluding carboxylic acids is 1. The molecule has 0 spiro atoms. The number of nitrogens with one attached hydrogen (secondary N) is 1. The van der Waals surface area contributed by atoms with Crippen LogP contribution in [0.3, 0.4) is 0 Å². The van der Waals surface area contributed by atoms with Crippen LogP contribution in [-0.4, -0.2) is 41.2 Å². The van der Waals surface area contributed by atoms with E-state index in [1.54, 1.807) is 11.8 Å². The Morgan fingerprint density at radius 2 is 1.83 bits per heavy atom. The summed E-state index contributed by atoms with van der Waals surface area (Å²) in [5, 5.41) is 11.9. The lowest BCUT2D eigenvalue weighted by Crippen LogP contribution is -2.45. The summed E-state index contributed by atoms with van der Waals surface area (Å²) in [7, 11) is 0. The number of amides is 2. The number of pyridine rings is 1. The maximum absolute atomic E-state index is 12.2. The summed E-state index contributed by atoms with van der Waals surface area (Å²) < 4.78 is 0. The van der Waals surface area contributed by atoms with Crippen LogP contribution in [0.4, 0.5) is 16.3 Å². The van der Waals surface area contributed by atoms with Gasteiger partial charge in [-0.05, 0) is 68.0 Å². The number of carboxylic acid groups (broad SMARTS) is 1. The van der Waals surface area contributed by atoms with Crippen LogP contribution in [0.1, 0.15) is 51.1 Å². The first-order valence-corrected chi connectivity index (χ1v) is 10.6. The fraction of sp³-hybridized carbons (Fsp3) is 0.435. The second kappa shape index (κ2) is 8.34. The van der Waals surface area contributed by atoms with Crippen molar-refractivity contribution in [3.8, 4) is 11.1 Å². The molecule has 0 radical (unpaired) electrons. The Labute approximate surface area is 176 Å². The molecule has 2 atom stereocenters. The van der Waals surface area contributed by atoms with E-state index in [-0.39, 0.29) is 18.0 Å². The number of carbonyl (C=O) groups is 2. The number of aromatic nitrogens is 1. The SMILES string of the molecule is CC(=O)N1c2ccc(-c3ccc(N4CCCCC4)nc3)cc2[C@H](NC(=O)O)C[C@@H]1C. The molecule has 2 N–H and O–H groups in total. The second-order valence-electron chi connectivity index (χ2n) is 8.20. The van der Waals surface area contributed by atoms with E-state index in [1.807, 2.05) is 31.3 Å². The first kappa shape index (κ1) is 20.2. The summed E-state index contributed by atoms with van der Waals surface area (Å²) in [5.74, 6) is 0.955. The molecule has 7 heteroatoms. The maximum Gasteiger partial charge on any atom is 0.405 e. The van der Waals surface area contributed by atoms with Crippen LogP contribution in [0, 0.1) is 0 Å². The van der Waals surface area contributed by atoms with E-state index in [9.17, 15) is 14.7 Å². The molecule has 0 bridgehead atoms.